The second-order valence-electron chi connectivity index (χ2n) is 6.54. The van der Waals surface area contributed by atoms with E-state index in [4.69, 9.17) is 9.15 Å². The standard InChI is InChI=1S/C21H18O5/c1-12-18(25-11-13-5-7-14(8-6-13)20(22)23)10-9-16-15-3-2-4-17(15)21(24)26-19(12)16/h5-10H,2-4,11H2,1H3,(H,22,23)/p-1. The van der Waals surface area contributed by atoms with Crippen molar-refractivity contribution in [1.82, 2.24) is 0 Å². The van der Waals surface area contributed by atoms with E-state index in [-0.39, 0.29) is 17.8 Å². The van der Waals surface area contributed by atoms with E-state index in [0.717, 1.165) is 46.9 Å². The normalized spacial score (nSPS) is 13.0. The van der Waals surface area contributed by atoms with Crippen molar-refractivity contribution in [1.29, 1.82) is 0 Å². The molecule has 2 aromatic carbocycles. The summed E-state index contributed by atoms with van der Waals surface area (Å²) in [6, 6.07) is 10.2. The fraction of sp³-hybridized carbons (Fsp3) is 0.238. The first kappa shape index (κ1) is 16.4. The summed E-state index contributed by atoms with van der Waals surface area (Å²) in [7, 11) is 0. The minimum absolute atomic E-state index is 0.131. The minimum atomic E-state index is -1.20. The largest absolute Gasteiger partial charge is 0.545 e. The van der Waals surface area contributed by atoms with E-state index in [0.29, 0.717) is 11.3 Å². The van der Waals surface area contributed by atoms with Gasteiger partial charge in [0.15, 0.2) is 0 Å². The number of carbonyl (C=O) groups is 1. The van der Waals surface area contributed by atoms with Gasteiger partial charge in [0.25, 0.3) is 0 Å². The van der Waals surface area contributed by atoms with Crippen molar-refractivity contribution >= 4 is 16.9 Å². The van der Waals surface area contributed by atoms with Gasteiger partial charge in [0.2, 0.25) is 0 Å². The molecule has 5 heteroatoms. The maximum absolute atomic E-state index is 12.2. The highest BCUT2D eigenvalue weighted by molar-refractivity contribution is 5.86. The van der Waals surface area contributed by atoms with E-state index in [9.17, 15) is 14.7 Å². The summed E-state index contributed by atoms with van der Waals surface area (Å²) in [5, 5.41) is 11.8. The summed E-state index contributed by atoms with van der Waals surface area (Å²) in [5.41, 5.74) is 4.00. The van der Waals surface area contributed by atoms with Crippen molar-refractivity contribution in [3.05, 3.63) is 74.6 Å². The number of fused-ring (bicyclic) bond motifs is 3. The molecule has 0 bridgehead atoms. The van der Waals surface area contributed by atoms with Gasteiger partial charge in [0.05, 0.1) is 5.97 Å². The first-order valence-corrected chi connectivity index (χ1v) is 8.56. The number of aromatic carboxylic acids is 1. The molecule has 0 spiro atoms. The Morgan fingerprint density at radius 2 is 1.85 bits per heavy atom. The third-order valence-corrected chi connectivity index (χ3v) is 4.92. The fourth-order valence-corrected chi connectivity index (χ4v) is 3.52. The van der Waals surface area contributed by atoms with Crippen LogP contribution in [-0.2, 0) is 19.4 Å². The molecule has 132 valence electrons. The summed E-state index contributed by atoms with van der Waals surface area (Å²) in [4.78, 5) is 23.0. The molecular weight excluding hydrogens is 332 g/mol. The summed E-state index contributed by atoms with van der Waals surface area (Å²) in [6.07, 6.45) is 2.67. The molecule has 5 nitrogen and oxygen atoms in total. The number of ether oxygens (including phenoxy) is 1. The third kappa shape index (κ3) is 2.75. The number of benzene rings is 2. The predicted octanol–water partition coefficient (Wildman–Crippen LogP) is 2.53. The molecule has 0 amide bonds. The molecule has 0 aliphatic heterocycles. The summed E-state index contributed by atoms with van der Waals surface area (Å²) in [5.74, 6) is -0.562. The Kier molecular flexibility index (Phi) is 3.99. The summed E-state index contributed by atoms with van der Waals surface area (Å²) in [6.45, 7) is 2.16. The van der Waals surface area contributed by atoms with Crippen molar-refractivity contribution < 1.29 is 19.1 Å². The Bertz CT molecular complexity index is 1060. The average molecular weight is 349 g/mol. The number of carbonyl (C=O) groups excluding carboxylic acids is 1. The lowest BCUT2D eigenvalue weighted by molar-refractivity contribution is -0.255. The average Bonchev–Trinajstić information content (AvgIpc) is 3.13. The lowest BCUT2D eigenvalue weighted by Crippen LogP contribution is -2.22. The highest BCUT2D eigenvalue weighted by Gasteiger charge is 2.21. The van der Waals surface area contributed by atoms with E-state index in [1.54, 1.807) is 12.1 Å². The molecule has 0 saturated heterocycles. The zero-order valence-corrected chi connectivity index (χ0v) is 14.3. The molecule has 4 rings (SSSR count). The Morgan fingerprint density at radius 1 is 1.12 bits per heavy atom. The summed E-state index contributed by atoms with van der Waals surface area (Å²) < 4.78 is 11.4. The van der Waals surface area contributed by atoms with Crippen LogP contribution in [0.1, 0.15) is 39.0 Å². The Hall–Kier alpha value is -3.08. The number of hydrogen-bond acceptors (Lipinski definition) is 5. The molecule has 0 saturated carbocycles. The molecule has 1 aliphatic carbocycles. The van der Waals surface area contributed by atoms with Gasteiger partial charge in [-0.25, -0.2) is 4.79 Å². The molecule has 1 aliphatic rings. The van der Waals surface area contributed by atoms with Crippen LogP contribution in [0.4, 0.5) is 0 Å². The van der Waals surface area contributed by atoms with Gasteiger partial charge in [-0.15, -0.1) is 0 Å². The van der Waals surface area contributed by atoms with Crippen LogP contribution in [0.25, 0.3) is 11.0 Å². The van der Waals surface area contributed by atoms with Gasteiger partial charge in [-0.2, -0.15) is 0 Å². The summed E-state index contributed by atoms with van der Waals surface area (Å²) >= 11 is 0. The molecular formula is C21H17O5-. The number of hydrogen-bond donors (Lipinski definition) is 0. The molecule has 0 N–H and O–H groups in total. The second-order valence-corrected chi connectivity index (χ2v) is 6.54. The SMILES string of the molecule is Cc1c(OCc2ccc(C(=O)[O-])cc2)ccc2c3c(c(=O)oc12)CCC3. The van der Waals surface area contributed by atoms with Crippen LogP contribution in [-0.4, -0.2) is 5.97 Å². The minimum Gasteiger partial charge on any atom is -0.545 e. The van der Waals surface area contributed by atoms with E-state index in [1.165, 1.54) is 12.1 Å². The highest BCUT2D eigenvalue weighted by atomic mass is 16.5. The molecule has 0 radical (unpaired) electrons. The quantitative estimate of drug-likeness (QED) is 0.676. The zero-order valence-electron chi connectivity index (χ0n) is 14.3. The molecule has 1 aromatic heterocycles. The van der Waals surface area contributed by atoms with Crippen LogP contribution in [0.5, 0.6) is 5.75 Å². The maximum Gasteiger partial charge on any atom is 0.339 e. The van der Waals surface area contributed by atoms with Gasteiger partial charge >= 0.3 is 5.63 Å². The fourth-order valence-electron chi connectivity index (χ4n) is 3.52. The second kappa shape index (κ2) is 6.33. The monoisotopic (exact) mass is 349 g/mol. The van der Waals surface area contributed by atoms with Crippen LogP contribution in [0.3, 0.4) is 0 Å². The third-order valence-electron chi connectivity index (χ3n) is 4.92. The van der Waals surface area contributed by atoms with E-state index >= 15 is 0 Å². The molecule has 0 fully saturated rings. The van der Waals surface area contributed by atoms with Crippen LogP contribution >= 0.6 is 0 Å². The molecule has 1 heterocycles. The van der Waals surface area contributed by atoms with Crippen molar-refractivity contribution in [2.45, 2.75) is 32.8 Å². The van der Waals surface area contributed by atoms with Crippen molar-refractivity contribution in [2.75, 3.05) is 0 Å². The van der Waals surface area contributed by atoms with Gasteiger partial charge in [-0.1, -0.05) is 24.3 Å². The van der Waals surface area contributed by atoms with E-state index < -0.39 is 5.97 Å². The smallest absolute Gasteiger partial charge is 0.339 e. The van der Waals surface area contributed by atoms with Crippen LogP contribution in [0.2, 0.25) is 0 Å². The molecule has 0 atom stereocenters. The Labute approximate surface area is 149 Å². The number of carboxylic acids is 1. The lowest BCUT2D eigenvalue weighted by Gasteiger charge is -2.12. The zero-order chi connectivity index (χ0) is 18.3. The van der Waals surface area contributed by atoms with Gasteiger partial charge in [0.1, 0.15) is 17.9 Å². The van der Waals surface area contributed by atoms with Gasteiger partial charge in [-0.05, 0) is 55.0 Å². The molecule has 26 heavy (non-hydrogen) atoms. The number of rotatable bonds is 4. The Morgan fingerprint density at radius 3 is 2.58 bits per heavy atom. The van der Waals surface area contributed by atoms with E-state index in [1.807, 2.05) is 19.1 Å². The van der Waals surface area contributed by atoms with Crippen molar-refractivity contribution in [3.63, 3.8) is 0 Å². The van der Waals surface area contributed by atoms with Crippen LogP contribution < -0.4 is 15.5 Å². The van der Waals surface area contributed by atoms with Crippen molar-refractivity contribution in [3.8, 4) is 5.75 Å². The first-order valence-electron chi connectivity index (χ1n) is 8.56. The lowest BCUT2D eigenvalue weighted by atomic mass is 10.0. The number of aryl methyl sites for hydroxylation is 2. The molecule has 0 unspecified atom stereocenters. The molecule has 3 aromatic rings. The van der Waals surface area contributed by atoms with Crippen LogP contribution in [0, 0.1) is 6.92 Å². The Balaban J connectivity index is 1.63. The first-order chi connectivity index (χ1) is 12.5. The predicted molar refractivity (Wildman–Crippen MR) is 94.4 cm³/mol. The van der Waals surface area contributed by atoms with Gasteiger partial charge in [0, 0.05) is 16.5 Å². The number of carboxylic acid groups (broad SMARTS) is 1. The highest BCUT2D eigenvalue weighted by Crippen LogP contribution is 2.33. The topological polar surface area (TPSA) is 79.6 Å². The maximum atomic E-state index is 12.2. The van der Waals surface area contributed by atoms with Crippen LogP contribution in [0.15, 0.2) is 45.6 Å². The van der Waals surface area contributed by atoms with Gasteiger partial charge in [-0.3, -0.25) is 0 Å². The van der Waals surface area contributed by atoms with Gasteiger partial charge < -0.3 is 19.1 Å². The van der Waals surface area contributed by atoms with Crippen molar-refractivity contribution in [2.24, 2.45) is 0 Å². The van der Waals surface area contributed by atoms with E-state index in [2.05, 4.69) is 0 Å².